The highest BCUT2D eigenvalue weighted by Gasteiger charge is 2.00. The molecule has 3 heteroatoms. The lowest BCUT2D eigenvalue weighted by atomic mass is 10.2. The minimum absolute atomic E-state index is 0.566. The van der Waals surface area contributed by atoms with Crippen LogP contribution in [0.3, 0.4) is 0 Å². The van der Waals surface area contributed by atoms with Crippen LogP contribution in [-0.4, -0.2) is 11.5 Å². The second-order valence-corrected chi connectivity index (χ2v) is 4.20. The van der Waals surface area contributed by atoms with Crippen molar-refractivity contribution in [2.24, 2.45) is 0 Å². The molecule has 0 aliphatic rings. The van der Waals surface area contributed by atoms with Crippen molar-refractivity contribution in [3.8, 4) is 0 Å². The van der Waals surface area contributed by atoms with Gasteiger partial charge in [-0.05, 0) is 25.0 Å². The molecule has 0 radical (unpaired) electrons. The van der Waals surface area contributed by atoms with E-state index in [1.165, 1.54) is 25.7 Å². The normalized spacial score (nSPS) is 10.3. The van der Waals surface area contributed by atoms with Crippen molar-refractivity contribution in [3.63, 3.8) is 0 Å². The fourth-order valence-corrected chi connectivity index (χ4v) is 1.62. The molecule has 0 fully saturated rings. The summed E-state index contributed by atoms with van der Waals surface area (Å²) in [5.74, 6) is 0. The molecular weight excluding hydrogens is 208 g/mol. The van der Waals surface area contributed by atoms with Crippen LogP contribution in [0.2, 0.25) is 5.15 Å². The highest BCUT2D eigenvalue weighted by atomic mass is 35.5. The second kappa shape index (κ2) is 6.67. The molecule has 84 valence electrons. The fourth-order valence-electron chi connectivity index (χ4n) is 1.45. The third-order valence-corrected chi connectivity index (χ3v) is 2.62. The predicted octanol–water partition coefficient (Wildman–Crippen LogP) is 4.04. The van der Waals surface area contributed by atoms with Crippen LogP contribution < -0.4 is 5.32 Å². The SMILES string of the molecule is CCCCCCNc1cc(C)cnc1Cl. The first-order valence-corrected chi connectivity index (χ1v) is 5.98. The van der Waals surface area contributed by atoms with E-state index in [4.69, 9.17) is 11.6 Å². The number of halogens is 1. The van der Waals surface area contributed by atoms with E-state index >= 15 is 0 Å². The van der Waals surface area contributed by atoms with Gasteiger partial charge in [0.1, 0.15) is 0 Å². The lowest BCUT2D eigenvalue weighted by Gasteiger charge is -2.08. The molecule has 0 aromatic carbocycles. The summed E-state index contributed by atoms with van der Waals surface area (Å²) in [5, 5.41) is 3.88. The molecule has 1 aromatic rings. The lowest BCUT2D eigenvalue weighted by molar-refractivity contribution is 0.685. The summed E-state index contributed by atoms with van der Waals surface area (Å²) >= 11 is 5.96. The molecule has 0 aliphatic heterocycles. The van der Waals surface area contributed by atoms with E-state index in [9.17, 15) is 0 Å². The van der Waals surface area contributed by atoms with E-state index in [2.05, 4.69) is 17.2 Å². The van der Waals surface area contributed by atoms with Gasteiger partial charge in [0.05, 0.1) is 5.69 Å². The Morgan fingerprint density at radius 1 is 1.33 bits per heavy atom. The Morgan fingerprint density at radius 3 is 2.87 bits per heavy atom. The molecule has 2 nitrogen and oxygen atoms in total. The van der Waals surface area contributed by atoms with Gasteiger partial charge in [-0.2, -0.15) is 0 Å². The number of nitrogens with zero attached hydrogens (tertiary/aromatic N) is 1. The van der Waals surface area contributed by atoms with Crippen LogP contribution in [-0.2, 0) is 0 Å². The van der Waals surface area contributed by atoms with Crippen LogP contribution in [0, 0.1) is 6.92 Å². The van der Waals surface area contributed by atoms with Gasteiger partial charge >= 0.3 is 0 Å². The van der Waals surface area contributed by atoms with Crippen molar-refractivity contribution in [2.75, 3.05) is 11.9 Å². The van der Waals surface area contributed by atoms with Gasteiger partial charge in [-0.3, -0.25) is 0 Å². The maximum atomic E-state index is 5.96. The number of hydrogen-bond acceptors (Lipinski definition) is 2. The zero-order valence-electron chi connectivity index (χ0n) is 9.52. The maximum absolute atomic E-state index is 5.96. The van der Waals surface area contributed by atoms with Crippen LogP contribution >= 0.6 is 11.6 Å². The Labute approximate surface area is 97.1 Å². The van der Waals surface area contributed by atoms with Crippen LogP contribution in [0.1, 0.15) is 38.2 Å². The Morgan fingerprint density at radius 2 is 2.13 bits per heavy atom. The summed E-state index contributed by atoms with van der Waals surface area (Å²) in [4.78, 5) is 4.10. The van der Waals surface area contributed by atoms with Crippen molar-refractivity contribution in [3.05, 3.63) is 23.0 Å². The summed E-state index contributed by atoms with van der Waals surface area (Å²) in [6.45, 7) is 5.21. The summed E-state index contributed by atoms with van der Waals surface area (Å²) < 4.78 is 0. The Hall–Kier alpha value is -0.760. The number of hydrogen-bond donors (Lipinski definition) is 1. The number of nitrogens with one attached hydrogen (secondary N) is 1. The lowest BCUT2D eigenvalue weighted by Crippen LogP contribution is -2.02. The Kier molecular flexibility index (Phi) is 5.48. The topological polar surface area (TPSA) is 24.9 Å². The van der Waals surface area contributed by atoms with Gasteiger partial charge in [0.2, 0.25) is 0 Å². The average Bonchev–Trinajstić information content (AvgIpc) is 2.23. The highest BCUT2D eigenvalue weighted by molar-refractivity contribution is 6.31. The first-order chi connectivity index (χ1) is 7.24. The fraction of sp³-hybridized carbons (Fsp3) is 0.583. The molecule has 0 amide bonds. The Bertz CT molecular complexity index is 300. The number of unbranched alkanes of at least 4 members (excludes halogenated alkanes) is 3. The minimum Gasteiger partial charge on any atom is -0.383 e. The highest BCUT2D eigenvalue weighted by Crippen LogP contribution is 2.19. The van der Waals surface area contributed by atoms with Gasteiger partial charge in [-0.25, -0.2) is 4.98 Å². The molecule has 0 saturated carbocycles. The third kappa shape index (κ3) is 4.52. The molecule has 0 aliphatic carbocycles. The molecule has 0 spiro atoms. The first kappa shape index (κ1) is 12.3. The molecule has 1 heterocycles. The smallest absolute Gasteiger partial charge is 0.152 e. The van der Waals surface area contributed by atoms with Gasteiger partial charge < -0.3 is 5.32 Å². The molecule has 0 atom stereocenters. The molecule has 1 N–H and O–H groups in total. The van der Waals surface area contributed by atoms with E-state index in [1.54, 1.807) is 6.20 Å². The van der Waals surface area contributed by atoms with Gasteiger partial charge in [0.15, 0.2) is 5.15 Å². The first-order valence-electron chi connectivity index (χ1n) is 5.60. The molecule has 1 rings (SSSR count). The predicted molar refractivity (Wildman–Crippen MR) is 66.6 cm³/mol. The third-order valence-electron chi connectivity index (χ3n) is 2.32. The zero-order chi connectivity index (χ0) is 11.1. The second-order valence-electron chi connectivity index (χ2n) is 3.84. The molecule has 15 heavy (non-hydrogen) atoms. The van der Waals surface area contributed by atoms with Gasteiger partial charge in [0.25, 0.3) is 0 Å². The minimum atomic E-state index is 0.566. The average molecular weight is 227 g/mol. The van der Waals surface area contributed by atoms with Crippen molar-refractivity contribution < 1.29 is 0 Å². The van der Waals surface area contributed by atoms with Gasteiger partial charge in [-0.1, -0.05) is 37.8 Å². The molecular formula is C12H19ClN2. The largest absolute Gasteiger partial charge is 0.383 e. The number of rotatable bonds is 6. The number of pyridine rings is 1. The quantitative estimate of drug-likeness (QED) is 0.585. The van der Waals surface area contributed by atoms with E-state index in [0.29, 0.717) is 5.15 Å². The van der Waals surface area contributed by atoms with E-state index < -0.39 is 0 Å². The Balaban J connectivity index is 2.33. The number of aryl methyl sites for hydroxylation is 1. The van der Waals surface area contributed by atoms with Crippen molar-refractivity contribution in [1.82, 2.24) is 4.98 Å². The maximum Gasteiger partial charge on any atom is 0.152 e. The molecule has 1 aromatic heterocycles. The van der Waals surface area contributed by atoms with E-state index in [1.807, 2.05) is 13.0 Å². The van der Waals surface area contributed by atoms with E-state index in [-0.39, 0.29) is 0 Å². The summed E-state index contributed by atoms with van der Waals surface area (Å²) in [6, 6.07) is 2.04. The van der Waals surface area contributed by atoms with Crippen molar-refractivity contribution in [1.29, 1.82) is 0 Å². The number of anilines is 1. The number of aromatic nitrogens is 1. The summed E-state index contributed by atoms with van der Waals surface area (Å²) in [6.07, 6.45) is 6.83. The van der Waals surface area contributed by atoms with Crippen molar-refractivity contribution >= 4 is 17.3 Å². The monoisotopic (exact) mass is 226 g/mol. The van der Waals surface area contributed by atoms with Crippen molar-refractivity contribution in [2.45, 2.75) is 39.5 Å². The van der Waals surface area contributed by atoms with Gasteiger partial charge in [-0.15, -0.1) is 0 Å². The standard InChI is InChI=1S/C12H19ClN2/c1-3-4-5-6-7-14-11-8-10(2)9-15-12(11)13/h8-9,14H,3-7H2,1-2H3. The van der Waals surface area contributed by atoms with Crippen LogP contribution in [0.4, 0.5) is 5.69 Å². The summed E-state index contributed by atoms with van der Waals surface area (Å²) in [5.41, 5.74) is 2.09. The van der Waals surface area contributed by atoms with Crippen LogP contribution in [0.25, 0.3) is 0 Å². The summed E-state index contributed by atoms with van der Waals surface area (Å²) in [7, 11) is 0. The molecule has 0 unspecified atom stereocenters. The van der Waals surface area contributed by atoms with E-state index in [0.717, 1.165) is 17.8 Å². The molecule has 0 bridgehead atoms. The van der Waals surface area contributed by atoms with Gasteiger partial charge in [0, 0.05) is 12.7 Å². The van der Waals surface area contributed by atoms with Crippen LogP contribution in [0.5, 0.6) is 0 Å². The zero-order valence-corrected chi connectivity index (χ0v) is 10.3. The van der Waals surface area contributed by atoms with Crippen LogP contribution in [0.15, 0.2) is 12.3 Å². The molecule has 0 saturated heterocycles.